The van der Waals surface area contributed by atoms with E-state index in [0.717, 1.165) is 17.9 Å². The van der Waals surface area contributed by atoms with Crippen molar-refractivity contribution in [1.82, 2.24) is 4.90 Å². The van der Waals surface area contributed by atoms with Gasteiger partial charge >= 0.3 is 0 Å². The first-order valence-corrected chi connectivity index (χ1v) is 5.79. The van der Waals surface area contributed by atoms with Crippen molar-refractivity contribution in [3.63, 3.8) is 0 Å². The van der Waals surface area contributed by atoms with Crippen LogP contribution in [0.2, 0.25) is 0 Å². The average Bonchev–Trinajstić information content (AvgIpc) is 2.59. The number of hydrogen-bond acceptors (Lipinski definition) is 3. The summed E-state index contributed by atoms with van der Waals surface area (Å²) in [5, 5.41) is 0.104. The SMILES string of the molecule is CCC(C)N([C+]=C1C=CC(=O)S1)CC.[Br-]. The van der Waals surface area contributed by atoms with Crippen molar-refractivity contribution < 1.29 is 21.8 Å². The van der Waals surface area contributed by atoms with Gasteiger partial charge in [0.25, 0.3) is 4.91 Å². The van der Waals surface area contributed by atoms with Crippen LogP contribution in [0.1, 0.15) is 27.2 Å². The summed E-state index contributed by atoms with van der Waals surface area (Å²) in [5.74, 6) is 0. The van der Waals surface area contributed by atoms with Crippen LogP contribution >= 0.6 is 11.8 Å². The summed E-state index contributed by atoms with van der Waals surface area (Å²) >= 11 is 1.25. The van der Waals surface area contributed by atoms with Crippen molar-refractivity contribution in [1.29, 1.82) is 0 Å². The predicted molar refractivity (Wildman–Crippen MR) is 60.6 cm³/mol. The molecular formula is C11H16BrNOS. The quantitative estimate of drug-likeness (QED) is 0.518. The zero-order chi connectivity index (χ0) is 10.6. The Balaban J connectivity index is 0.00000196. The van der Waals surface area contributed by atoms with E-state index in [4.69, 9.17) is 0 Å². The first-order valence-electron chi connectivity index (χ1n) is 4.97. The third-order valence-corrected chi connectivity index (χ3v) is 3.08. The molecular weight excluding hydrogens is 274 g/mol. The van der Waals surface area contributed by atoms with Gasteiger partial charge in [-0.25, -0.2) is 0 Å². The van der Waals surface area contributed by atoms with Crippen LogP contribution in [0.4, 0.5) is 0 Å². The Morgan fingerprint density at radius 3 is 2.53 bits per heavy atom. The predicted octanol–water partition coefficient (Wildman–Crippen LogP) is -0.415. The molecule has 0 saturated carbocycles. The minimum absolute atomic E-state index is 0. The fraction of sp³-hybridized carbons (Fsp3) is 0.545. The summed E-state index contributed by atoms with van der Waals surface area (Å²) in [6.45, 7) is 7.36. The number of hydrogen-bond donors (Lipinski definition) is 0. The molecule has 0 fully saturated rings. The van der Waals surface area contributed by atoms with Gasteiger partial charge in [0.1, 0.15) is 0 Å². The molecule has 1 atom stereocenters. The molecule has 0 amide bonds. The van der Waals surface area contributed by atoms with E-state index >= 15 is 0 Å². The Labute approximate surface area is 107 Å². The molecule has 1 heterocycles. The highest BCUT2D eigenvalue weighted by atomic mass is 79.9. The Hall–Kier alpha value is -0.310. The smallest absolute Gasteiger partial charge is 0.257 e. The first kappa shape index (κ1) is 14.7. The number of carbonyl (C=O) groups is 1. The Bertz CT molecular complexity index is 276. The molecule has 0 N–H and O–H groups in total. The lowest BCUT2D eigenvalue weighted by atomic mass is 10.2. The van der Waals surface area contributed by atoms with Crippen molar-refractivity contribution in [2.24, 2.45) is 0 Å². The van der Waals surface area contributed by atoms with Gasteiger partial charge in [0.2, 0.25) is 11.3 Å². The fourth-order valence-electron chi connectivity index (χ4n) is 1.24. The molecule has 0 aliphatic carbocycles. The molecule has 1 aliphatic rings. The molecule has 0 spiro atoms. The normalized spacial score (nSPS) is 18.6. The van der Waals surface area contributed by atoms with Gasteiger partial charge in [0, 0.05) is 18.3 Å². The molecule has 0 bridgehead atoms. The van der Waals surface area contributed by atoms with Crippen molar-refractivity contribution >= 4 is 16.9 Å². The van der Waals surface area contributed by atoms with Crippen molar-refractivity contribution in [3.8, 4) is 0 Å². The second kappa shape index (κ2) is 7.04. The molecule has 0 aromatic rings. The monoisotopic (exact) mass is 289 g/mol. The number of rotatable bonds is 4. The molecule has 1 aliphatic heterocycles. The largest absolute Gasteiger partial charge is 1.00 e. The van der Waals surface area contributed by atoms with Gasteiger partial charge in [-0.3, -0.25) is 9.69 Å². The minimum Gasteiger partial charge on any atom is -1.00 e. The van der Waals surface area contributed by atoms with Gasteiger partial charge in [0.15, 0.2) is 0 Å². The Kier molecular flexibility index (Phi) is 6.90. The molecule has 0 aromatic heterocycles. The van der Waals surface area contributed by atoms with Crippen molar-refractivity contribution in [3.05, 3.63) is 23.3 Å². The second-order valence-corrected chi connectivity index (χ2v) is 4.32. The van der Waals surface area contributed by atoms with Gasteiger partial charge in [-0.2, -0.15) is 0 Å². The molecule has 2 nitrogen and oxygen atoms in total. The third kappa shape index (κ3) is 4.37. The minimum atomic E-state index is 0. The van der Waals surface area contributed by atoms with E-state index in [0.29, 0.717) is 6.04 Å². The summed E-state index contributed by atoms with van der Waals surface area (Å²) in [7, 11) is 0. The topological polar surface area (TPSA) is 20.3 Å². The van der Waals surface area contributed by atoms with Gasteiger partial charge < -0.3 is 17.0 Å². The Morgan fingerprint density at radius 2 is 2.13 bits per heavy atom. The van der Waals surface area contributed by atoms with E-state index < -0.39 is 0 Å². The van der Waals surface area contributed by atoms with E-state index in [2.05, 4.69) is 31.9 Å². The second-order valence-electron chi connectivity index (χ2n) is 3.27. The number of allylic oxidation sites excluding steroid dienone is 1. The number of halogens is 1. The maximum absolute atomic E-state index is 11.0. The number of thioether (sulfide) groups is 1. The molecule has 0 aromatic carbocycles. The number of carbonyl (C=O) groups excluding carboxylic acids is 1. The lowest BCUT2D eigenvalue weighted by Crippen LogP contribution is -3.00. The van der Waals surface area contributed by atoms with Crippen LogP contribution in [0.5, 0.6) is 0 Å². The van der Waals surface area contributed by atoms with E-state index in [9.17, 15) is 4.79 Å². The van der Waals surface area contributed by atoms with Crippen LogP contribution < -0.4 is 17.0 Å². The van der Waals surface area contributed by atoms with Gasteiger partial charge in [-0.1, -0.05) is 6.92 Å². The van der Waals surface area contributed by atoms with Gasteiger partial charge in [-0.15, -0.1) is 0 Å². The average molecular weight is 290 g/mol. The van der Waals surface area contributed by atoms with Gasteiger partial charge in [-0.05, 0) is 20.3 Å². The van der Waals surface area contributed by atoms with Gasteiger partial charge in [0.05, 0.1) is 18.2 Å². The lowest BCUT2D eigenvalue weighted by Gasteiger charge is -2.17. The standard InChI is InChI=1S/C11H16NOS.BrH/c1-4-9(3)12(5-2)8-10-6-7-11(13)14-10;/h6-7,9H,4-5H2,1-3H3;1H/q+1;/p-1. The fourth-order valence-corrected chi connectivity index (χ4v) is 1.89. The zero-order valence-electron chi connectivity index (χ0n) is 9.29. The van der Waals surface area contributed by atoms with Crippen LogP contribution in [0.25, 0.3) is 0 Å². The van der Waals surface area contributed by atoms with E-state index in [1.165, 1.54) is 11.8 Å². The zero-order valence-corrected chi connectivity index (χ0v) is 11.7. The summed E-state index contributed by atoms with van der Waals surface area (Å²) in [6.07, 6.45) is 7.77. The van der Waals surface area contributed by atoms with E-state index in [-0.39, 0.29) is 22.1 Å². The molecule has 0 saturated heterocycles. The van der Waals surface area contributed by atoms with Crippen LogP contribution in [0.3, 0.4) is 0 Å². The van der Waals surface area contributed by atoms with Crippen LogP contribution in [0.15, 0.2) is 17.1 Å². The lowest BCUT2D eigenvalue weighted by molar-refractivity contribution is -0.106. The highest BCUT2D eigenvalue weighted by Gasteiger charge is 2.22. The van der Waals surface area contributed by atoms with E-state index in [1.54, 1.807) is 6.08 Å². The summed E-state index contributed by atoms with van der Waals surface area (Å²) in [4.78, 5) is 14.0. The van der Waals surface area contributed by atoms with Crippen LogP contribution in [0, 0.1) is 6.20 Å². The maximum Gasteiger partial charge on any atom is 0.257 e. The van der Waals surface area contributed by atoms with Crippen molar-refractivity contribution in [2.75, 3.05) is 6.54 Å². The number of nitrogens with zero attached hydrogens (tertiary/aromatic N) is 1. The Morgan fingerprint density at radius 1 is 1.47 bits per heavy atom. The van der Waals surface area contributed by atoms with Crippen LogP contribution in [-0.2, 0) is 4.79 Å². The van der Waals surface area contributed by atoms with Crippen LogP contribution in [-0.4, -0.2) is 22.6 Å². The summed E-state index contributed by atoms with van der Waals surface area (Å²) in [6, 6.07) is 0.484. The highest BCUT2D eigenvalue weighted by Crippen LogP contribution is 2.25. The molecule has 0 radical (unpaired) electrons. The molecule has 84 valence electrons. The van der Waals surface area contributed by atoms with E-state index in [1.807, 2.05) is 6.08 Å². The molecule has 1 rings (SSSR count). The molecule has 1 unspecified atom stereocenters. The summed E-state index contributed by atoms with van der Waals surface area (Å²) in [5.41, 5.74) is 0. The maximum atomic E-state index is 11.0. The van der Waals surface area contributed by atoms with Crippen molar-refractivity contribution in [2.45, 2.75) is 33.2 Å². The first-order chi connectivity index (χ1) is 6.67. The molecule has 4 heteroatoms. The molecule has 15 heavy (non-hydrogen) atoms. The third-order valence-electron chi connectivity index (χ3n) is 2.30. The highest BCUT2D eigenvalue weighted by molar-refractivity contribution is 8.17. The summed E-state index contributed by atoms with van der Waals surface area (Å²) < 4.78 is 0.